The van der Waals surface area contributed by atoms with Crippen LogP contribution in [-0.4, -0.2) is 67.0 Å². The van der Waals surface area contributed by atoms with Crippen molar-refractivity contribution in [2.45, 2.75) is 95.3 Å². The molecule has 2 bridgehead atoms. The van der Waals surface area contributed by atoms with Gasteiger partial charge in [-0.1, -0.05) is 32.9 Å². The Morgan fingerprint density at radius 1 is 1.00 bits per heavy atom. The fourth-order valence-electron chi connectivity index (χ4n) is 4.87. The zero-order valence-corrected chi connectivity index (χ0v) is 25.9. The van der Waals surface area contributed by atoms with Gasteiger partial charge in [-0.05, 0) is 86.9 Å². The van der Waals surface area contributed by atoms with Crippen LogP contribution < -0.4 is 21.1 Å². The Bertz CT molecular complexity index is 1270. The van der Waals surface area contributed by atoms with Crippen LogP contribution in [0.2, 0.25) is 0 Å². The quantitative estimate of drug-likeness (QED) is 0.339. The average molecular weight is 603 g/mol. The third-order valence-electron chi connectivity index (χ3n) is 7.69. The predicted molar refractivity (Wildman–Crippen MR) is 163 cm³/mol. The summed E-state index contributed by atoms with van der Waals surface area (Å²) in [7, 11) is -3.99. The maximum atomic E-state index is 13.7. The van der Waals surface area contributed by atoms with Gasteiger partial charge in [0.15, 0.2) is 0 Å². The lowest BCUT2D eigenvalue weighted by Gasteiger charge is -2.34. The van der Waals surface area contributed by atoms with Gasteiger partial charge in [0, 0.05) is 24.7 Å². The van der Waals surface area contributed by atoms with Gasteiger partial charge in [-0.3, -0.25) is 9.59 Å². The van der Waals surface area contributed by atoms with Gasteiger partial charge in [-0.25, -0.2) is 8.42 Å². The summed E-state index contributed by atoms with van der Waals surface area (Å²) in [4.78, 5) is 26.3. The molecule has 0 aromatic heterocycles. The fourth-order valence-corrected chi connectivity index (χ4v) is 6.59. The first-order valence-electron chi connectivity index (χ1n) is 14.8. The van der Waals surface area contributed by atoms with Crippen LogP contribution >= 0.6 is 0 Å². The second-order valence-electron chi connectivity index (χ2n) is 11.4. The standard InChI is InChI=1S/C31H46N4O6S/c1-5-22(4)35(42(39,40)26-16-12-24(32)13-17-26)20-28(36)27-19-23-10-14-25(15-11-23)41-18-8-6-7-9-29(37)34-30(21(2)3)31(38)33-27/h10-17,21-22,27-28,30,36H,5-9,18-20,32H2,1-4H3,(H,33,38)(H,34,37)/t22?,27-,28+,30-/m0/s1. The summed E-state index contributed by atoms with van der Waals surface area (Å²) in [6.07, 6.45) is 2.10. The summed E-state index contributed by atoms with van der Waals surface area (Å²) in [6.45, 7) is 7.64. The van der Waals surface area contributed by atoms with E-state index < -0.39 is 40.2 Å². The molecule has 232 valence electrons. The number of fused-ring (bicyclic) bond motifs is 14. The van der Waals surface area contributed by atoms with Gasteiger partial charge in [0.05, 0.1) is 23.6 Å². The number of hydrogen-bond acceptors (Lipinski definition) is 7. The summed E-state index contributed by atoms with van der Waals surface area (Å²) >= 11 is 0. The number of benzene rings is 2. The number of nitrogens with zero attached hydrogens (tertiary/aromatic N) is 1. The van der Waals surface area contributed by atoms with Gasteiger partial charge in [0.2, 0.25) is 21.8 Å². The molecule has 0 radical (unpaired) electrons. The van der Waals surface area contributed by atoms with Gasteiger partial charge >= 0.3 is 0 Å². The third kappa shape index (κ3) is 9.17. The van der Waals surface area contributed by atoms with Crippen molar-refractivity contribution in [3.8, 4) is 5.75 Å². The van der Waals surface area contributed by atoms with Gasteiger partial charge in [-0.15, -0.1) is 0 Å². The molecule has 2 aliphatic rings. The van der Waals surface area contributed by atoms with Gasteiger partial charge in [0.25, 0.3) is 0 Å². The largest absolute Gasteiger partial charge is 0.494 e. The Hall–Kier alpha value is -3.15. The van der Waals surface area contributed by atoms with Crippen molar-refractivity contribution in [1.82, 2.24) is 14.9 Å². The van der Waals surface area contributed by atoms with E-state index in [1.165, 1.54) is 28.6 Å². The molecule has 2 amide bonds. The zero-order valence-electron chi connectivity index (χ0n) is 25.1. The first-order chi connectivity index (χ1) is 19.9. The highest BCUT2D eigenvalue weighted by atomic mass is 32.2. The third-order valence-corrected chi connectivity index (χ3v) is 9.68. The van der Waals surface area contributed by atoms with Crippen LogP contribution in [0.5, 0.6) is 5.75 Å². The highest BCUT2D eigenvalue weighted by Crippen LogP contribution is 2.23. The lowest BCUT2D eigenvalue weighted by Crippen LogP contribution is -2.57. The Morgan fingerprint density at radius 3 is 2.29 bits per heavy atom. The molecule has 42 heavy (non-hydrogen) atoms. The maximum absolute atomic E-state index is 13.7. The van der Waals surface area contributed by atoms with Crippen molar-refractivity contribution in [1.29, 1.82) is 0 Å². The van der Waals surface area contributed by atoms with E-state index in [1.54, 1.807) is 6.92 Å². The first-order valence-corrected chi connectivity index (χ1v) is 16.2. The Balaban J connectivity index is 1.94. The lowest BCUT2D eigenvalue weighted by molar-refractivity contribution is -0.131. The molecule has 0 spiro atoms. The summed E-state index contributed by atoms with van der Waals surface area (Å²) in [5, 5.41) is 17.4. The number of anilines is 1. The van der Waals surface area contributed by atoms with Crippen LogP contribution in [0.25, 0.3) is 0 Å². The molecule has 0 aliphatic carbocycles. The number of ether oxygens (including phenoxy) is 1. The molecule has 0 saturated carbocycles. The number of carbonyl (C=O) groups is 2. The van der Waals surface area contributed by atoms with Crippen molar-refractivity contribution in [2.24, 2.45) is 5.92 Å². The topological polar surface area (TPSA) is 151 Å². The lowest BCUT2D eigenvalue weighted by atomic mass is 9.98. The number of nitrogens with one attached hydrogen (secondary N) is 2. The molecular weight excluding hydrogens is 556 g/mol. The van der Waals surface area contributed by atoms with Crippen molar-refractivity contribution in [3.05, 3.63) is 54.1 Å². The van der Waals surface area contributed by atoms with Crippen LogP contribution in [0.3, 0.4) is 0 Å². The van der Waals surface area contributed by atoms with E-state index in [4.69, 9.17) is 10.5 Å². The monoisotopic (exact) mass is 602 g/mol. The van der Waals surface area contributed by atoms with E-state index >= 15 is 0 Å². The molecular formula is C31H46N4O6S. The van der Waals surface area contributed by atoms with E-state index in [0.29, 0.717) is 37.3 Å². The van der Waals surface area contributed by atoms with E-state index in [-0.39, 0.29) is 29.7 Å². The van der Waals surface area contributed by atoms with Crippen molar-refractivity contribution in [2.75, 3.05) is 18.9 Å². The van der Waals surface area contributed by atoms with Crippen LogP contribution in [0, 0.1) is 5.92 Å². The number of amides is 2. The number of carbonyl (C=O) groups excluding carboxylic acids is 2. The van der Waals surface area contributed by atoms with Gasteiger partial charge in [0.1, 0.15) is 11.8 Å². The van der Waals surface area contributed by atoms with E-state index in [2.05, 4.69) is 10.6 Å². The van der Waals surface area contributed by atoms with Gasteiger partial charge in [-0.2, -0.15) is 4.31 Å². The molecule has 10 nitrogen and oxygen atoms in total. The summed E-state index contributed by atoms with van der Waals surface area (Å²) < 4.78 is 34.5. The number of nitrogen functional groups attached to an aromatic ring is 1. The van der Waals surface area contributed by atoms with Crippen LogP contribution in [0.4, 0.5) is 5.69 Å². The number of aliphatic hydroxyl groups excluding tert-OH is 1. The second-order valence-corrected chi connectivity index (χ2v) is 13.3. The van der Waals surface area contributed by atoms with Crippen LogP contribution in [0.15, 0.2) is 53.4 Å². The normalized spacial score (nSPS) is 20.8. The number of hydrogen-bond donors (Lipinski definition) is 4. The molecule has 2 aromatic rings. The Morgan fingerprint density at radius 2 is 1.67 bits per heavy atom. The van der Waals surface area contributed by atoms with Crippen molar-refractivity contribution in [3.63, 3.8) is 0 Å². The highest BCUT2D eigenvalue weighted by Gasteiger charge is 2.35. The molecule has 2 heterocycles. The minimum atomic E-state index is -3.99. The molecule has 2 aliphatic heterocycles. The molecule has 0 fully saturated rings. The minimum absolute atomic E-state index is 0.0697. The number of nitrogens with two attached hydrogens (primary N) is 1. The molecule has 1 unspecified atom stereocenters. The zero-order chi connectivity index (χ0) is 30.9. The van der Waals surface area contributed by atoms with Crippen LogP contribution in [0.1, 0.15) is 65.4 Å². The maximum Gasteiger partial charge on any atom is 0.243 e. The average Bonchev–Trinajstić information content (AvgIpc) is 2.96. The molecule has 4 rings (SSSR count). The number of sulfonamides is 1. The molecule has 2 aromatic carbocycles. The molecule has 0 saturated heterocycles. The van der Waals surface area contributed by atoms with E-state index in [9.17, 15) is 23.1 Å². The first kappa shape index (κ1) is 33.4. The molecule has 4 atom stereocenters. The highest BCUT2D eigenvalue weighted by molar-refractivity contribution is 7.89. The van der Waals surface area contributed by atoms with Crippen molar-refractivity contribution < 1.29 is 27.9 Å². The molecule has 5 N–H and O–H groups in total. The Kier molecular flexibility index (Phi) is 12.2. The van der Waals surface area contributed by atoms with Crippen LogP contribution in [-0.2, 0) is 26.0 Å². The van der Waals surface area contributed by atoms with Crippen molar-refractivity contribution >= 4 is 27.5 Å². The Labute approximate surface area is 250 Å². The van der Waals surface area contributed by atoms with E-state index in [0.717, 1.165) is 18.4 Å². The fraction of sp³-hybridized carbons (Fsp3) is 0.548. The summed E-state index contributed by atoms with van der Waals surface area (Å²) in [6, 6.07) is 11.3. The minimum Gasteiger partial charge on any atom is -0.494 e. The van der Waals surface area contributed by atoms with E-state index in [1.807, 2.05) is 45.0 Å². The SMILES string of the molecule is CCC(C)N(C[C@@H](O)[C@@H]1Cc2ccc(cc2)OCCCCCC(=O)N[C@@H](C(C)C)C(=O)N1)S(=O)(=O)c1ccc(N)cc1. The smallest absolute Gasteiger partial charge is 0.243 e. The number of rotatable bonds is 8. The predicted octanol–water partition coefficient (Wildman–Crippen LogP) is 3.24. The van der Waals surface area contributed by atoms with Gasteiger partial charge < -0.3 is 26.2 Å². The summed E-state index contributed by atoms with van der Waals surface area (Å²) in [5.41, 5.74) is 7.04. The number of aliphatic hydroxyl groups is 1. The molecule has 11 heteroatoms. The second kappa shape index (κ2) is 15.4. The summed E-state index contributed by atoms with van der Waals surface area (Å²) in [5.74, 6) is -0.137.